The van der Waals surface area contributed by atoms with Crippen LogP contribution in [0.1, 0.15) is 25.7 Å². The highest BCUT2D eigenvalue weighted by atomic mass is 16.1. The first kappa shape index (κ1) is 10.9. The molecular weight excluding hydrogens is 190 g/mol. The largest absolute Gasteiger partial charge is 0.369 e. The van der Waals surface area contributed by atoms with Gasteiger partial charge in [0.2, 0.25) is 5.91 Å². The van der Waals surface area contributed by atoms with Crippen molar-refractivity contribution >= 4 is 5.91 Å². The highest BCUT2D eigenvalue weighted by molar-refractivity contribution is 5.75. The van der Waals surface area contributed by atoms with E-state index in [1.54, 1.807) is 0 Å². The zero-order valence-electron chi connectivity index (χ0n) is 9.24. The van der Waals surface area contributed by atoms with Gasteiger partial charge in [0.1, 0.15) is 0 Å². The number of nitrogens with one attached hydrogen (secondary N) is 1. The predicted molar refractivity (Wildman–Crippen MR) is 59.4 cm³/mol. The van der Waals surface area contributed by atoms with Crippen LogP contribution in [0.25, 0.3) is 0 Å². The molecule has 2 fully saturated rings. The summed E-state index contributed by atoms with van der Waals surface area (Å²) in [5.41, 5.74) is 5.26. The summed E-state index contributed by atoms with van der Waals surface area (Å²) < 4.78 is 0. The normalized spacial score (nSPS) is 26.1. The van der Waals surface area contributed by atoms with Crippen LogP contribution in [0.5, 0.6) is 0 Å². The minimum Gasteiger partial charge on any atom is -0.369 e. The first-order chi connectivity index (χ1) is 7.24. The van der Waals surface area contributed by atoms with Gasteiger partial charge in [0.05, 0.1) is 6.54 Å². The number of carbonyl (C=O) groups excluding carboxylic acids is 1. The third-order valence-electron chi connectivity index (χ3n) is 3.23. The molecule has 1 aliphatic carbocycles. The number of hydrogen-bond donors (Lipinski definition) is 2. The number of rotatable bonds is 6. The third kappa shape index (κ3) is 3.80. The quantitative estimate of drug-likeness (QED) is 0.647. The minimum atomic E-state index is -0.200. The molecule has 1 heterocycles. The summed E-state index contributed by atoms with van der Waals surface area (Å²) in [6.45, 7) is 3.59. The van der Waals surface area contributed by atoms with Gasteiger partial charge in [0.25, 0.3) is 0 Å². The van der Waals surface area contributed by atoms with Crippen LogP contribution >= 0.6 is 0 Å². The Balaban J connectivity index is 1.76. The Hall–Kier alpha value is -0.610. The molecule has 1 unspecified atom stereocenters. The maximum atomic E-state index is 10.9. The third-order valence-corrected chi connectivity index (χ3v) is 3.23. The Morgan fingerprint density at radius 1 is 1.33 bits per heavy atom. The molecule has 1 saturated heterocycles. The van der Waals surface area contributed by atoms with Crippen LogP contribution in [0, 0.1) is 5.92 Å². The molecule has 2 aliphatic rings. The van der Waals surface area contributed by atoms with Crippen LogP contribution in [0.4, 0.5) is 0 Å². The predicted octanol–water partition coefficient (Wildman–Crippen LogP) is -0.0643. The summed E-state index contributed by atoms with van der Waals surface area (Å²) >= 11 is 0. The number of primary amides is 1. The maximum absolute atomic E-state index is 10.9. The number of amides is 1. The SMILES string of the molecule is NC(=O)CN(CC1CC1)CC1CCCN1. The molecule has 4 nitrogen and oxygen atoms in total. The van der Waals surface area contributed by atoms with Crippen molar-refractivity contribution in [1.82, 2.24) is 10.2 Å². The van der Waals surface area contributed by atoms with Crippen molar-refractivity contribution in [2.75, 3.05) is 26.2 Å². The Labute approximate surface area is 91.2 Å². The van der Waals surface area contributed by atoms with E-state index in [9.17, 15) is 4.79 Å². The minimum absolute atomic E-state index is 0.200. The van der Waals surface area contributed by atoms with Crippen molar-refractivity contribution in [3.05, 3.63) is 0 Å². The fraction of sp³-hybridized carbons (Fsp3) is 0.909. The summed E-state index contributed by atoms with van der Waals surface area (Å²) in [5.74, 6) is 0.624. The Morgan fingerprint density at radius 3 is 2.67 bits per heavy atom. The van der Waals surface area contributed by atoms with Crippen LogP contribution in [-0.2, 0) is 4.79 Å². The molecule has 0 aromatic rings. The molecule has 1 atom stereocenters. The molecule has 2 rings (SSSR count). The van der Waals surface area contributed by atoms with Gasteiger partial charge in [0.15, 0.2) is 0 Å². The van der Waals surface area contributed by atoms with E-state index in [0.29, 0.717) is 12.6 Å². The van der Waals surface area contributed by atoms with E-state index in [4.69, 9.17) is 5.73 Å². The number of carbonyl (C=O) groups is 1. The van der Waals surface area contributed by atoms with Gasteiger partial charge in [-0.05, 0) is 38.1 Å². The first-order valence-corrected chi connectivity index (χ1v) is 5.98. The van der Waals surface area contributed by atoms with Crippen molar-refractivity contribution < 1.29 is 4.79 Å². The standard InChI is InChI=1S/C11H21N3O/c12-11(15)8-14(6-9-3-4-9)7-10-2-1-5-13-10/h9-10,13H,1-8H2,(H2,12,15). The van der Waals surface area contributed by atoms with Crippen LogP contribution in [0.3, 0.4) is 0 Å². The van der Waals surface area contributed by atoms with Crippen molar-refractivity contribution in [1.29, 1.82) is 0 Å². The molecule has 86 valence electrons. The summed E-state index contributed by atoms with van der Waals surface area (Å²) in [6.07, 6.45) is 5.15. The van der Waals surface area contributed by atoms with Crippen molar-refractivity contribution in [3.63, 3.8) is 0 Å². The van der Waals surface area contributed by atoms with Gasteiger partial charge in [-0.15, -0.1) is 0 Å². The molecule has 3 N–H and O–H groups in total. The van der Waals surface area contributed by atoms with Crippen molar-refractivity contribution in [2.24, 2.45) is 11.7 Å². The van der Waals surface area contributed by atoms with Gasteiger partial charge in [-0.25, -0.2) is 0 Å². The lowest BCUT2D eigenvalue weighted by Gasteiger charge is -2.24. The first-order valence-electron chi connectivity index (χ1n) is 5.98. The van der Waals surface area contributed by atoms with E-state index in [1.165, 1.54) is 25.7 Å². The summed E-state index contributed by atoms with van der Waals surface area (Å²) in [4.78, 5) is 13.2. The summed E-state index contributed by atoms with van der Waals surface area (Å²) in [6, 6.07) is 0.572. The van der Waals surface area contributed by atoms with Gasteiger partial charge in [0, 0.05) is 19.1 Å². The Bertz CT molecular complexity index is 222. The van der Waals surface area contributed by atoms with E-state index in [2.05, 4.69) is 10.2 Å². The second kappa shape index (κ2) is 4.94. The zero-order chi connectivity index (χ0) is 10.7. The molecule has 15 heavy (non-hydrogen) atoms. The number of nitrogens with two attached hydrogens (primary N) is 1. The van der Waals surface area contributed by atoms with Gasteiger partial charge < -0.3 is 11.1 Å². The molecule has 1 amide bonds. The number of nitrogens with zero attached hydrogens (tertiary/aromatic N) is 1. The topological polar surface area (TPSA) is 58.4 Å². The lowest BCUT2D eigenvalue weighted by molar-refractivity contribution is -0.119. The molecule has 0 bridgehead atoms. The highest BCUT2D eigenvalue weighted by Crippen LogP contribution is 2.29. The zero-order valence-corrected chi connectivity index (χ0v) is 9.24. The van der Waals surface area contributed by atoms with Crippen molar-refractivity contribution in [3.8, 4) is 0 Å². The molecule has 1 saturated carbocycles. The molecule has 0 aromatic heterocycles. The molecule has 0 radical (unpaired) electrons. The van der Waals surface area contributed by atoms with Gasteiger partial charge in [-0.2, -0.15) is 0 Å². The molecule has 1 aliphatic heterocycles. The van der Waals surface area contributed by atoms with E-state index >= 15 is 0 Å². The molecular formula is C11H21N3O. The van der Waals surface area contributed by atoms with Gasteiger partial charge in [-0.3, -0.25) is 9.69 Å². The average Bonchev–Trinajstić information content (AvgIpc) is 2.80. The van der Waals surface area contributed by atoms with E-state index in [1.807, 2.05) is 0 Å². The molecule has 0 spiro atoms. The van der Waals surface area contributed by atoms with Gasteiger partial charge in [-0.1, -0.05) is 0 Å². The average molecular weight is 211 g/mol. The highest BCUT2D eigenvalue weighted by Gasteiger charge is 2.26. The lowest BCUT2D eigenvalue weighted by Crippen LogP contribution is -2.42. The second-order valence-corrected chi connectivity index (χ2v) is 4.90. The Kier molecular flexibility index (Phi) is 3.59. The van der Waals surface area contributed by atoms with Crippen molar-refractivity contribution in [2.45, 2.75) is 31.7 Å². The summed E-state index contributed by atoms with van der Waals surface area (Å²) in [7, 11) is 0. The molecule has 0 aromatic carbocycles. The van der Waals surface area contributed by atoms with Gasteiger partial charge >= 0.3 is 0 Å². The fourth-order valence-electron chi connectivity index (χ4n) is 2.31. The van der Waals surface area contributed by atoms with Crippen LogP contribution < -0.4 is 11.1 Å². The van der Waals surface area contributed by atoms with Crippen LogP contribution in [-0.4, -0.2) is 43.0 Å². The number of hydrogen-bond acceptors (Lipinski definition) is 3. The van der Waals surface area contributed by atoms with Crippen LogP contribution in [0.2, 0.25) is 0 Å². The second-order valence-electron chi connectivity index (χ2n) is 4.90. The molecule has 4 heteroatoms. The fourth-order valence-corrected chi connectivity index (χ4v) is 2.31. The smallest absolute Gasteiger partial charge is 0.231 e. The summed E-state index contributed by atoms with van der Waals surface area (Å²) in [5, 5.41) is 3.46. The van der Waals surface area contributed by atoms with E-state index in [-0.39, 0.29) is 5.91 Å². The Morgan fingerprint density at radius 2 is 2.13 bits per heavy atom. The lowest BCUT2D eigenvalue weighted by atomic mass is 10.2. The monoisotopic (exact) mass is 211 g/mol. The van der Waals surface area contributed by atoms with E-state index in [0.717, 1.165) is 25.6 Å². The van der Waals surface area contributed by atoms with E-state index < -0.39 is 0 Å². The van der Waals surface area contributed by atoms with Crippen LogP contribution in [0.15, 0.2) is 0 Å². The maximum Gasteiger partial charge on any atom is 0.231 e.